The van der Waals surface area contributed by atoms with Crippen molar-refractivity contribution in [1.82, 2.24) is 24.6 Å². The van der Waals surface area contributed by atoms with Crippen molar-refractivity contribution >= 4 is 17.5 Å². The van der Waals surface area contributed by atoms with E-state index in [9.17, 15) is 14.7 Å². The second kappa shape index (κ2) is 11.2. The maximum absolute atomic E-state index is 13.3. The number of benzene rings is 2. The quantitative estimate of drug-likeness (QED) is 0.499. The molecule has 2 aromatic carbocycles. The summed E-state index contributed by atoms with van der Waals surface area (Å²) in [5.74, 6) is 0.118. The Kier molecular flexibility index (Phi) is 8.05. The van der Waals surface area contributed by atoms with Crippen molar-refractivity contribution in [1.29, 1.82) is 0 Å². The van der Waals surface area contributed by atoms with Gasteiger partial charge in [0.1, 0.15) is 6.54 Å². The average Bonchev–Trinajstić information content (AvgIpc) is 3.13. The minimum Gasteiger partial charge on any atom is -0.392 e. The second-order valence-electron chi connectivity index (χ2n) is 9.35. The highest BCUT2D eigenvalue weighted by atomic mass is 35.5. The summed E-state index contributed by atoms with van der Waals surface area (Å²) >= 11 is 6.18. The van der Waals surface area contributed by atoms with Crippen molar-refractivity contribution in [2.45, 2.75) is 51.8 Å². The zero-order chi connectivity index (χ0) is 24.9. The maximum atomic E-state index is 13.3. The SMILES string of the molecule is CC(C)NC(=O)Cn1c(-c2cccc(Cl)c2)nn(-c2ccc(CCN3CCCC(O)C3)cc2)c1=O. The largest absolute Gasteiger partial charge is 0.392 e. The molecule has 1 atom stereocenters. The number of aromatic nitrogens is 3. The highest BCUT2D eigenvalue weighted by Crippen LogP contribution is 2.21. The molecule has 1 unspecified atom stereocenters. The van der Waals surface area contributed by atoms with E-state index in [4.69, 9.17) is 11.6 Å². The number of nitrogens with one attached hydrogen (secondary N) is 1. The number of halogens is 1. The topological polar surface area (TPSA) is 92.4 Å². The van der Waals surface area contributed by atoms with Crippen LogP contribution in [0.4, 0.5) is 0 Å². The summed E-state index contributed by atoms with van der Waals surface area (Å²) in [5, 5.41) is 17.8. The van der Waals surface area contributed by atoms with E-state index in [0.29, 0.717) is 22.1 Å². The Bertz CT molecular complexity index is 1220. The predicted octanol–water partition coefficient (Wildman–Crippen LogP) is 2.88. The smallest absolute Gasteiger partial charge is 0.351 e. The monoisotopic (exact) mass is 497 g/mol. The van der Waals surface area contributed by atoms with Gasteiger partial charge < -0.3 is 15.3 Å². The number of carbonyl (C=O) groups excluding carboxylic acids is 1. The van der Waals surface area contributed by atoms with Gasteiger partial charge in [0.05, 0.1) is 11.8 Å². The van der Waals surface area contributed by atoms with E-state index >= 15 is 0 Å². The summed E-state index contributed by atoms with van der Waals surface area (Å²) in [4.78, 5) is 28.1. The highest BCUT2D eigenvalue weighted by Gasteiger charge is 2.20. The first kappa shape index (κ1) is 25.2. The molecule has 35 heavy (non-hydrogen) atoms. The Labute approximate surface area is 210 Å². The molecule has 1 saturated heterocycles. The van der Waals surface area contributed by atoms with E-state index < -0.39 is 5.69 Å². The molecule has 0 saturated carbocycles. The number of β-amino-alcohol motifs (C(OH)–C–C–N with tert-alkyl or cyclic N) is 1. The Hall–Kier alpha value is -2.94. The summed E-state index contributed by atoms with van der Waals surface area (Å²) in [7, 11) is 0. The fraction of sp³-hybridized carbons (Fsp3) is 0.423. The Morgan fingerprint density at radius 3 is 2.69 bits per heavy atom. The van der Waals surface area contributed by atoms with Gasteiger partial charge in [-0.2, -0.15) is 4.68 Å². The van der Waals surface area contributed by atoms with Crippen LogP contribution in [0.2, 0.25) is 5.02 Å². The number of hydrogen-bond donors (Lipinski definition) is 2. The zero-order valence-corrected chi connectivity index (χ0v) is 20.9. The third kappa shape index (κ3) is 6.39. The van der Waals surface area contributed by atoms with Crippen molar-refractivity contribution in [2.75, 3.05) is 19.6 Å². The molecule has 9 heteroatoms. The molecule has 1 fully saturated rings. The number of rotatable bonds is 8. The fourth-order valence-corrected chi connectivity index (χ4v) is 4.58. The number of amides is 1. The van der Waals surface area contributed by atoms with Crippen molar-refractivity contribution in [3.63, 3.8) is 0 Å². The van der Waals surface area contributed by atoms with Crippen molar-refractivity contribution < 1.29 is 9.90 Å². The molecule has 0 aliphatic carbocycles. The lowest BCUT2D eigenvalue weighted by Gasteiger charge is -2.29. The van der Waals surface area contributed by atoms with Gasteiger partial charge in [-0.15, -0.1) is 5.10 Å². The van der Waals surface area contributed by atoms with E-state index in [1.807, 2.05) is 44.2 Å². The van der Waals surface area contributed by atoms with Gasteiger partial charge >= 0.3 is 5.69 Å². The van der Waals surface area contributed by atoms with Crippen LogP contribution in [0.15, 0.2) is 53.3 Å². The van der Waals surface area contributed by atoms with Gasteiger partial charge in [0.2, 0.25) is 5.91 Å². The zero-order valence-electron chi connectivity index (χ0n) is 20.2. The molecule has 0 bridgehead atoms. The van der Waals surface area contributed by atoms with Crippen LogP contribution in [-0.2, 0) is 17.8 Å². The molecule has 2 N–H and O–H groups in total. The van der Waals surface area contributed by atoms with E-state index in [2.05, 4.69) is 15.3 Å². The Balaban J connectivity index is 1.58. The van der Waals surface area contributed by atoms with E-state index in [0.717, 1.165) is 44.5 Å². The Morgan fingerprint density at radius 1 is 1.23 bits per heavy atom. The number of hydrogen-bond acceptors (Lipinski definition) is 5. The lowest BCUT2D eigenvalue weighted by molar-refractivity contribution is -0.122. The molecule has 4 rings (SSSR count). The first-order valence-corrected chi connectivity index (χ1v) is 12.4. The minimum absolute atomic E-state index is 0.0383. The summed E-state index contributed by atoms with van der Waals surface area (Å²) in [6, 6.07) is 14.8. The number of carbonyl (C=O) groups is 1. The molecule has 1 aliphatic rings. The van der Waals surface area contributed by atoms with Gasteiger partial charge in [0, 0.05) is 29.7 Å². The van der Waals surface area contributed by atoms with E-state index in [-0.39, 0.29) is 24.6 Å². The van der Waals surface area contributed by atoms with Gasteiger partial charge in [0.25, 0.3) is 0 Å². The summed E-state index contributed by atoms with van der Waals surface area (Å²) < 4.78 is 2.70. The van der Waals surface area contributed by atoms with Crippen LogP contribution in [-0.4, -0.2) is 62.0 Å². The first-order chi connectivity index (χ1) is 16.8. The lowest BCUT2D eigenvalue weighted by atomic mass is 10.1. The third-order valence-corrected chi connectivity index (χ3v) is 6.31. The van der Waals surface area contributed by atoms with Gasteiger partial charge in [-0.05, 0) is 69.5 Å². The van der Waals surface area contributed by atoms with Gasteiger partial charge in [-0.3, -0.25) is 9.36 Å². The summed E-state index contributed by atoms with van der Waals surface area (Å²) in [6.07, 6.45) is 2.53. The van der Waals surface area contributed by atoms with Crippen LogP contribution in [0.1, 0.15) is 32.3 Å². The average molecular weight is 498 g/mol. The fourth-order valence-electron chi connectivity index (χ4n) is 4.38. The molecule has 0 spiro atoms. The van der Waals surface area contributed by atoms with Crippen LogP contribution in [0.5, 0.6) is 0 Å². The standard InChI is InChI=1S/C26H32ClN5O3/c1-18(2)28-24(34)17-31-25(20-5-3-6-21(27)15-20)29-32(26(31)35)22-10-8-19(9-11-22)12-14-30-13-4-7-23(33)16-30/h3,5-6,8-11,15,18,23,33H,4,7,12-14,16-17H2,1-2H3,(H,28,34). The first-order valence-electron chi connectivity index (χ1n) is 12.0. The van der Waals surface area contributed by atoms with Crippen molar-refractivity contribution in [2.24, 2.45) is 0 Å². The van der Waals surface area contributed by atoms with Crippen LogP contribution < -0.4 is 11.0 Å². The Morgan fingerprint density at radius 2 is 2.00 bits per heavy atom. The molecular formula is C26H32ClN5O3. The van der Waals surface area contributed by atoms with E-state index in [1.54, 1.807) is 18.2 Å². The summed E-state index contributed by atoms with van der Waals surface area (Å²) in [5.41, 5.74) is 2.03. The normalized spacial score (nSPS) is 16.5. The number of piperidine rings is 1. The second-order valence-corrected chi connectivity index (χ2v) is 9.79. The van der Waals surface area contributed by atoms with Crippen LogP contribution in [0.3, 0.4) is 0 Å². The molecule has 186 valence electrons. The molecule has 2 heterocycles. The molecule has 3 aromatic rings. The van der Waals surface area contributed by atoms with Crippen LogP contribution >= 0.6 is 11.6 Å². The number of likely N-dealkylation sites (tertiary alicyclic amines) is 1. The molecular weight excluding hydrogens is 466 g/mol. The molecule has 1 aliphatic heterocycles. The third-order valence-electron chi connectivity index (χ3n) is 6.07. The molecule has 1 amide bonds. The lowest BCUT2D eigenvalue weighted by Crippen LogP contribution is -2.39. The van der Waals surface area contributed by atoms with Gasteiger partial charge in [0.15, 0.2) is 5.82 Å². The van der Waals surface area contributed by atoms with Gasteiger partial charge in [-0.1, -0.05) is 35.9 Å². The van der Waals surface area contributed by atoms with Crippen molar-refractivity contribution in [3.8, 4) is 17.1 Å². The van der Waals surface area contributed by atoms with Crippen molar-refractivity contribution in [3.05, 3.63) is 69.6 Å². The van der Waals surface area contributed by atoms with Crippen LogP contribution in [0.25, 0.3) is 17.1 Å². The number of aliphatic hydroxyl groups is 1. The molecule has 1 aromatic heterocycles. The highest BCUT2D eigenvalue weighted by molar-refractivity contribution is 6.30. The maximum Gasteiger partial charge on any atom is 0.351 e. The minimum atomic E-state index is -0.395. The number of nitrogens with zero attached hydrogens (tertiary/aromatic N) is 4. The number of aliphatic hydroxyl groups excluding tert-OH is 1. The molecule has 0 radical (unpaired) electrons. The van der Waals surface area contributed by atoms with E-state index in [1.165, 1.54) is 9.25 Å². The molecule has 8 nitrogen and oxygen atoms in total. The van der Waals surface area contributed by atoms with Gasteiger partial charge in [-0.25, -0.2) is 4.79 Å². The predicted molar refractivity (Wildman–Crippen MR) is 137 cm³/mol. The summed E-state index contributed by atoms with van der Waals surface area (Å²) in [6.45, 7) is 6.22. The van der Waals surface area contributed by atoms with Crippen LogP contribution in [0, 0.1) is 0 Å².